The molecular weight excluding hydrogens is 516 g/mol. The Bertz CT molecular complexity index is 1570. The summed E-state index contributed by atoms with van der Waals surface area (Å²) >= 11 is 1.21. The molecule has 0 saturated carbocycles. The Kier molecular flexibility index (Phi) is 7.14. The van der Waals surface area contributed by atoms with Gasteiger partial charge in [0.05, 0.1) is 21.7 Å². The van der Waals surface area contributed by atoms with Crippen molar-refractivity contribution in [2.75, 3.05) is 11.9 Å². The highest BCUT2D eigenvalue weighted by Crippen LogP contribution is 2.39. The van der Waals surface area contributed by atoms with E-state index >= 15 is 0 Å². The molecular formula is C29H28N4O5S. The third kappa shape index (κ3) is 5.65. The summed E-state index contributed by atoms with van der Waals surface area (Å²) < 4.78 is 5.52. The number of para-hydroxylation sites is 1. The molecule has 0 bridgehead atoms. The minimum atomic E-state index is -0.541. The number of carbonyl (C=O) groups is 2. The van der Waals surface area contributed by atoms with Crippen molar-refractivity contribution in [2.45, 2.75) is 40.0 Å². The monoisotopic (exact) mass is 544 g/mol. The highest BCUT2D eigenvalue weighted by Gasteiger charge is 2.33. The number of nitrogens with one attached hydrogen (secondary N) is 1. The van der Waals surface area contributed by atoms with Gasteiger partial charge in [-0.05, 0) is 54.4 Å². The maximum absolute atomic E-state index is 13.4. The molecule has 5 rings (SSSR count). The van der Waals surface area contributed by atoms with Crippen molar-refractivity contribution in [3.05, 3.63) is 80.8 Å². The number of non-ortho nitro benzene ring substituents is 1. The molecule has 4 aromatic rings. The van der Waals surface area contributed by atoms with E-state index in [2.05, 4.69) is 31.1 Å². The van der Waals surface area contributed by atoms with Crippen molar-refractivity contribution < 1.29 is 19.2 Å². The average molecular weight is 545 g/mol. The zero-order valence-corrected chi connectivity index (χ0v) is 22.7. The molecule has 10 heteroatoms. The molecule has 0 spiro atoms. The van der Waals surface area contributed by atoms with Crippen molar-refractivity contribution in [1.82, 2.24) is 9.97 Å². The summed E-state index contributed by atoms with van der Waals surface area (Å²) in [6.45, 7) is 6.18. The van der Waals surface area contributed by atoms with Crippen molar-refractivity contribution in [3.8, 4) is 11.3 Å². The first-order chi connectivity index (χ1) is 18.6. The van der Waals surface area contributed by atoms with Crippen LogP contribution >= 0.6 is 11.3 Å². The lowest BCUT2D eigenvalue weighted by Gasteiger charge is -2.35. The molecule has 39 heavy (non-hydrogen) atoms. The van der Waals surface area contributed by atoms with E-state index in [1.807, 2.05) is 24.3 Å². The number of esters is 1. The first kappa shape index (κ1) is 26.4. The molecule has 2 aromatic carbocycles. The van der Waals surface area contributed by atoms with Crippen LogP contribution in [-0.2, 0) is 22.4 Å². The van der Waals surface area contributed by atoms with Crippen LogP contribution in [0.4, 0.5) is 10.8 Å². The van der Waals surface area contributed by atoms with Gasteiger partial charge in [-0.1, -0.05) is 39.0 Å². The minimum Gasteiger partial charge on any atom is -0.452 e. The van der Waals surface area contributed by atoms with Crippen molar-refractivity contribution >= 4 is 44.9 Å². The standard InChI is InChI=1S/C29H28N4O5S/c1-29(2,3)18-10-13-23-21(14-18)26(20-6-4-5-7-22(20)30-23)27(35)38-15-25(34)32-28-31-24(16-39-28)17-8-11-19(12-9-17)33(36)37/h4-9,11-12,16,18H,10,13-15H2,1-3H3,(H,31,32,34). The van der Waals surface area contributed by atoms with Crippen LogP contribution in [0.2, 0.25) is 0 Å². The number of nitro groups is 1. The van der Waals surface area contributed by atoms with E-state index in [1.165, 1.54) is 23.5 Å². The highest BCUT2D eigenvalue weighted by atomic mass is 32.1. The molecule has 1 aliphatic carbocycles. The molecule has 0 saturated heterocycles. The largest absolute Gasteiger partial charge is 0.452 e. The molecule has 1 amide bonds. The number of hydrogen-bond acceptors (Lipinski definition) is 8. The number of amides is 1. The van der Waals surface area contributed by atoms with Gasteiger partial charge in [0.25, 0.3) is 11.6 Å². The summed E-state index contributed by atoms with van der Waals surface area (Å²) in [5.41, 5.74) is 4.41. The molecule has 1 N–H and O–H groups in total. The van der Waals surface area contributed by atoms with Gasteiger partial charge in [-0.2, -0.15) is 0 Å². The molecule has 2 aromatic heterocycles. The van der Waals surface area contributed by atoms with Gasteiger partial charge in [0.2, 0.25) is 0 Å². The number of ether oxygens (including phenoxy) is 1. The fraction of sp³-hybridized carbons (Fsp3) is 0.310. The minimum absolute atomic E-state index is 0.0125. The van der Waals surface area contributed by atoms with E-state index in [4.69, 9.17) is 9.72 Å². The van der Waals surface area contributed by atoms with Gasteiger partial charge in [-0.3, -0.25) is 25.2 Å². The van der Waals surface area contributed by atoms with Gasteiger partial charge >= 0.3 is 5.97 Å². The number of aryl methyl sites for hydroxylation is 1. The number of hydrogen-bond donors (Lipinski definition) is 1. The Morgan fingerprint density at radius 1 is 1.13 bits per heavy atom. The Hall–Kier alpha value is -4.18. The topological polar surface area (TPSA) is 124 Å². The van der Waals surface area contributed by atoms with E-state index in [-0.39, 0.29) is 11.1 Å². The Labute approximate surface area is 229 Å². The maximum Gasteiger partial charge on any atom is 0.339 e. The molecule has 1 aliphatic rings. The van der Waals surface area contributed by atoms with Crippen molar-refractivity contribution in [1.29, 1.82) is 0 Å². The summed E-state index contributed by atoms with van der Waals surface area (Å²) in [6.07, 6.45) is 2.54. The number of carbonyl (C=O) groups excluding carboxylic acids is 2. The predicted molar refractivity (Wildman–Crippen MR) is 150 cm³/mol. The number of benzene rings is 2. The average Bonchev–Trinajstić information content (AvgIpc) is 3.38. The predicted octanol–water partition coefficient (Wildman–Crippen LogP) is 6.21. The number of pyridine rings is 1. The lowest BCUT2D eigenvalue weighted by Crippen LogP contribution is -2.29. The normalized spacial score (nSPS) is 15.0. The van der Waals surface area contributed by atoms with Crippen LogP contribution in [0.1, 0.15) is 48.8 Å². The quantitative estimate of drug-likeness (QED) is 0.174. The van der Waals surface area contributed by atoms with Gasteiger partial charge in [0.15, 0.2) is 11.7 Å². The molecule has 0 radical (unpaired) electrons. The van der Waals surface area contributed by atoms with Crippen LogP contribution in [-0.4, -0.2) is 33.4 Å². The zero-order valence-electron chi connectivity index (χ0n) is 21.9. The van der Waals surface area contributed by atoms with E-state index in [0.29, 0.717) is 27.9 Å². The number of nitro benzene ring substituents is 1. The van der Waals surface area contributed by atoms with Gasteiger partial charge in [-0.25, -0.2) is 9.78 Å². The first-order valence-corrected chi connectivity index (χ1v) is 13.6. The first-order valence-electron chi connectivity index (χ1n) is 12.7. The molecule has 0 fully saturated rings. The van der Waals surface area contributed by atoms with Gasteiger partial charge < -0.3 is 4.74 Å². The molecule has 1 atom stereocenters. The third-order valence-electron chi connectivity index (χ3n) is 7.15. The third-order valence-corrected chi connectivity index (χ3v) is 7.90. The number of fused-ring (bicyclic) bond motifs is 2. The lowest BCUT2D eigenvalue weighted by molar-refractivity contribution is -0.384. The smallest absolute Gasteiger partial charge is 0.339 e. The van der Waals surface area contributed by atoms with Crippen LogP contribution < -0.4 is 5.32 Å². The summed E-state index contributed by atoms with van der Waals surface area (Å²) in [7, 11) is 0. The number of thiazole rings is 1. The van der Waals surface area contributed by atoms with Crippen LogP contribution in [0.5, 0.6) is 0 Å². The Balaban J connectivity index is 1.30. The fourth-order valence-corrected chi connectivity index (χ4v) is 5.67. The second kappa shape index (κ2) is 10.5. The molecule has 9 nitrogen and oxygen atoms in total. The van der Waals surface area contributed by atoms with E-state index in [0.717, 1.165) is 41.4 Å². The summed E-state index contributed by atoms with van der Waals surface area (Å²) in [6, 6.07) is 13.5. The lowest BCUT2D eigenvalue weighted by atomic mass is 9.70. The number of aromatic nitrogens is 2. The zero-order chi connectivity index (χ0) is 27.7. The second-order valence-corrected chi connectivity index (χ2v) is 11.6. The summed E-state index contributed by atoms with van der Waals surface area (Å²) in [5, 5.41) is 16.3. The summed E-state index contributed by atoms with van der Waals surface area (Å²) in [5.74, 6) is -0.648. The molecule has 0 aliphatic heterocycles. The molecule has 1 unspecified atom stereocenters. The van der Waals surface area contributed by atoms with Gasteiger partial charge in [0, 0.05) is 34.2 Å². The second-order valence-electron chi connectivity index (χ2n) is 10.7. The van der Waals surface area contributed by atoms with E-state index in [1.54, 1.807) is 17.5 Å². The number of rotatable bonds is 6. The fourth-order valence-electron chi connectivity index (χ4n) is 4.94. The van der Waals surface area contributed by atoms with Gasteiger partial charge in [-0.15, -0.1) is 11.3 Å². The molecule has 200 valence electrons. The SMILES string of the molecule is CC(C)(C)C1CCc2nc3ccccc3c(C(=O)OCC(=O)Nc3nc(-c4ccc([N+](=O)[O-])cc4)cs3)c2C1. The van der Waals surface area contributed by atoms with Crippen LogP contribution in [0.25, 0.3) is 22.2 Å². The Morgan fingerprint density at radius 3 is 2.59 bits per heavy atom. The van der Waals surface area contributed by atoms with E-state index in [9.17, 15) is 19.7 Å². The van der Waals surface area contributed by atoms with Gasteiger partial charge in [0.1, 0.15) is 0 Å². The van der Waals surface area contributed by atoms with Crippen LogP contribution in [0, 0.1) is 21.4 Å². The molecule has 2 heterocycles. The van der Waals surface area contributed by atoms with Crippen LogP contribution in [0.15, 0.2) is 53.9 Å². The highest BCUT2D eigenvalue weighted by molar-refractivity contribution is 7.14. The van der Waals surface area contributed by atoms with Crippen molar-refractivity contribution in [2.24, 2.45) is 11.3 Å². The number of anilines is 1. The van der Waals surface area contributed by atoms with E-state index < -0.39 is 23.4 Å². The number of nitrogens with zero attached hydrogens (tertiary/aromatic N) is 3. The van der Waals surface area contributed by atoms with Crippen molar-refractivity contribution in [3.63, 3.8) is 0 Å². The van der Waals surface area contributed by atoms with Crippen LogP contribution in [0.3, 0.4) is 0 Å². The summed E-state index contributed by atoms with van der Waals surface area (Å²) in [4.78, 5) is 45.7. The maximum atomic E-state index is 13.4. The Morgan fingerprint density at radius 2 is 1.87 bits per heavy atom.